The Morgan fingerprint density at radius 1 is 1.12 bits per heavy atom. The molecule has 0 spiro atoms. The van der Waals surface area contributed by atoms with Gasteiger partial charge in [0.2, 0.25) is 0 Å². The van der Waals surface area contributed by atoms with Crippen LogP contribution in [0.3, 0.4) is 0 Å². The second kappa shape index (κ2) is 8.42. The number of nitrogens with one attached hydrogen (secondary N) is 1. The smallest absolute Gasteiger partial charge is 0.198 e. The van der Waals surface area contributed by atoms with Gasteiger partial charge in [-0.2, -0.15) is 0 Å². The van der Waals surface area contributed by atoms with Gasteiger partial charge in [0.25, 0.3) is 0 Å². The van der Waals surface area contributed by atoms with Gasteiger partial charge in [-0.3, -0.25) is 0 Å². The van der Waals surface area contributed by atoms with Gasteiger partial charge in [-0.05, 0) is 49.1 Å². The second-order valence-electron chi connectivity index (χ2n) is 6.18. The number of aromatic hydroxyl groups is 1. The summed E-state index contributed by atoms with van der Waals surface area (Å²) in [5.74, 6) is 1.51. The highest BCUT2D eigenvalue weighted by Crippen LogP contribution is 2.26. The number of anilines is 1. The summed E-state index contributed by atoms with van der Waals surface area (Å²) in [7, 11) is 1.55. The maximum absolute atomic E-state index is 9.94. The fourth-order valence-electron chi connectivity index (χ4n) is 2.97. The van der Waals surface area contributed by atoms with Gasteiger partial charge in [-0.1, -0.05) is 24.3 Å². The molecule has 0 amide bonds. The van der Waals surface area contributed by atoms with Crippen molar-refractivity contribution >= 4 is 11.6 Å². The normalized spacial score (nSPS) is 15.1. The highest BCUT2D eigenvalue weighted by Gasteiger charge is 2.15. The third kappa shape index (κ3) is 4.66. The molecule has 1 saturated heterocycles. The molecule has 2 aromatic carbocycles. The molecular weight excluding hydrogens is 314 g/mol. The second-order valence-corrected chi connectivity index (χ2v) is 6.18. The summed E-state index contributed by atoms with van der Waals surface area (Å²) in [5.41, 5.74) is 1.98. The van der Waals surface area contributed by atoms with Crippen LogP contribution in [-0.2, 0) is 6.54 Å². The van der Waals surface area contributed by atoms with Gasteiger partial charge in [0.05, 0.1) is 13.7 Å². The number of ether oxygens (including phenoxy) is 1. The molecule has 132 valence electrons. The lowest BCUT2D eigenvalue weighted by Crippen LogP contribution is -2.40. The first kappa shape index (κ1) is 17.1. The minimum atomic E-state index is 0.144. The van der Waals surface area contributed by atoms with E-state index in [9.17, 15) is 5.11 Å². The molecular formula is C20H25N3O2. The molecule has 0 saturated carbocycles. The van der Waals surface area contributed by atoms with Crippen LogP contribution in [0.15, 0.2) is 53.5 Å². The molecule has 25 heavy (non-hydrogen) atoms. The number of phenols is 1. The Morgan fingerprint density at radius 3 is 2.56 bits per heavy atom. The van der Waals surface area contributed by atoms with Crippen LogP contribution in [-0.4, -0.2) is 36.2 Å². The number of para-hydroxylation sites is 1. The molecule has 0 bridgehead atoms. The predicted molar refractivity (Wildman–Crippen MR) is 101 cm³/mol. The quantitative estimate of drug-likeness (QED) is 0.656. The number of nitrogens with zero attached hydrogens (tertiary/aromatic N) is 2. The Bertz CT molecular complexity index is 710. The Balaban J connectivity index is 1.77. The Hall–Kier alpha value is -2.69. The van der Waals surface area contributed by atoms with Crippen LogP contribution < -0.4 is 10.1 Å². The molecule has 1 fully saturated rings. The summed E-state index contributed by atoms with van der Waals surface area (Å²) in [5, 5.41) is 13.4. The number of guanidine groups is 1. The molecule has 0 aliphatic carbocycles. The van der Waals surface area contributed by atoms with E-state index >= 15 is 0 Å². The van der Waals surface area contributed by atoms with Gasteiger partial charge < -0.3 is 20.1 Å². The standard InChI is InChI=1S/C20H25N3O2/c1-25-19-11-10-16(14-18(19)24)15-21-20(23-12-6-3-7-13-23)22-17-8-4-2-5-9-17/h2,4-5,8-11,14,24H,3,6-7,12-13,15H2,1H3,(H,21,22). The predicted octanol–water partition coefficient (Wildman–Crippen LogP) is 3.85. The largest absolute Gasteiger partial charge is 0.504 e. The number of likely N-dealkylation sites (tertiary alicyclic amines) is 1. The van der Waals surface area contributed by atoms with Crippen molar-refractivity contribution in [3.8, 4) is 11.5 Å². The molecule has 2 aromatic rings. The van der Waals surface area contributed by atoms with Crippen LogP contribution in [0.5, 0.6) is 11.5 Å². The summed E-state index contributed by atoms with van der Waals surface area (Å²) >= 11 is 0. The van der Waals surface area contributed by atoms with Gasteiger partial charge in [0.1, 0.15) is 0 Å². The van der Waals surface area contributed by atoms with E-state index in [1.807, 2.05) is 36.4 Å². The third-order valence-corrected chi connectivity index (χ3v) is 4.34. The fourth-order valence-corrected chi connectivity index (χ4v) is 2.97. The molecule has 0 radical (unpaired) electrons. The van der Waals surface area contributed by atoms with Crippen molar-refractivity contribution in [2.45, 2.75) is 25.8 Å². The van der Waals surface area contributed by atoms with Gasteiger partial charge in [0, 0.05) is 18.8 Å². The molecule has 1 aliphatic rings. The highest BCUT2D eigenvalue weighted by atomic mass is 16.5. The van der Waals surface area contributed by atoms with Gasteiger partial charge in [-0.15, -0.1) is 0 Å². The minimum absolute atomic E-state index is 0.144. The zero-order chi connectivity index (χ0) is 17.5. The molecule has 1 aliphatic heterocycles. The first-order valence-corrected chi connectivity index (χ1v) is 8.73. The molecule has 5 heteroatoms. The molecule has 3 rings (SSSR count). The number of benzene rings is 2. The van der Waals surface area contributed by atoms with E-state index in [1.54, 1.807) is 19.2 Å². The highest BCUT2D eigenvalue weighted by molar-refractivity contribution is 5.93. The van der Waals surface area contributed by atoms with Crippen LogP contribution in [0.25, 0.3) is 0 Å². The molecule has 0 unspecified atom stereocenters. The average Bonchev–Trinajstić information content (AvgIpc) is 2.67. The van der Waals surface area contributed by atoms with E-state index in [0.717, 1.165) is 30.3 Å². The lowest BCUT2D eigenvalue weighted by Gasteiger charge is -2.30. The van der Waals surface area contributed by atoms with E-state index in [4.69, 9.17) is 9.73 Å². The first-order valence-electron chi connectivity index (χ1n) is 8.73. The Morgan fingerprint density at radius 2 is 1.88 bits per heavy atom. The number of rotatable bonds is 4. The summed E-state index contributed by atoms with van der Waals surface area (Å²) in [6.45, 7) is 2.54. The van der Waals surface area contributed by atoms with Gasteiger partial charge >= 0.3 is 0 Å². The number of piperidine rings is 1. The molecule has 0 aromatic heterocycles. The third-order valence-electron chi connectivity index (χ3n) is 4.34. The number of methoxy groups -OCH3 is 1. The number of hydrogen-bond acceptors (Lipinski definition) is 3. The van der Waals surface area contributed by atoms with Crippen LogP contribution in [0.1, 0.15) is 24.8 Å². The summed E-state index contributed by atoms with van der Waals surface area (Å²) < 4.78 is 5.09. The Labute approximate surface area is 149 Å². The van der Waals surface area contributed by atoms with Crippen molar-refractivity contribution in [3.63, 3.8) is 0 Å². The van der Waals surface area contributed by atoms with E-state index in [0.29, 0.717) is 12.3 Å². The number of aliphatic imine (C=N–C) groups is 1. The van der Waals surface area contributed by atoms with Crippen molar-refractivity contribution in [3.05, 3.63) is 54.1 Å². The zero-order valence-corrected chi connectivity index (χ0v) is 14.6. The number of phenolic OH excluding ortho intramolecular Hbond substituents is 1. The summed E-state index contributed by atoms with van der Waals surface area (Å²) in [6, 6.07) is 15.5. The van der Waals surface area contributed by atoms with E-state index in [2.05, 4.69) is 10.2 Å². The number of hydrogen-bond donors (Lipinski definition) is 2. The van der Waals surface area contributed by atoms with Crippen molar-refractivity contribution < 1.29 is 9.84 Å². The average molecular weight is 339 g/mol. The molecule has 1 heterocycles. The van der Waals surface area contributed by atoms with Crippen LogP contribution in [0.2, 0.25) is 0 Å². The van der Waals surface area contributed by atoms with E-state index < -0.39 is 0 Å². The minimum Gasteiger partial charge on any atom is -0.504 e. The van der Waals surface area contributed by atoms with E-state index in [1.165, 1.54) is 19.3 Å². The Kier molecular flexibility index (Phi) is 5.77. The van der Waals surface area contributed by atoms with Crippen molar-refractivity contribution in [1.29, 1.82) is 0 Å². The first-order chi connectivity index (χ1) is 12.3. The van der Waals surface area contributed by atoms with Crippen molar-refractivity contribution in [2.75, 3.05) is 25.5 Å². The van der Waals surface area contributed by atoms with Crippen LogP contribution >= 0.6 is 0 Å². The fraction of sp³-hybridized carbons (Fsp3) is 0.350. The van der Waals surface area contributed by atoms with Gasteiger partial charge in [0.15, 0.2) is 17.5 Å². The van der Waals surface area contributed by atoms with Crippen molar-refractivity contribution in [2.24, 2.45) is 4.99 Å². The zero-order valence-electron chi connectivity index (χ0n) is 14.6. The lowest BCUT2D eigenvalue weighted by atomic mass is 10.1. The van der Waals surface area contributed by atoms with Crippen LogP contribution in [0.4, 0.5) is 5.69 Å². The molecule has 0 atom stereocenters. The molecule has 5 nitrogen and oxygen atoms in total. The lowest BCUT2D eigenvalue weighted by molar-refractivity contribution is 0.340. The summed E-state index contributed by atoms with van der Waals surface area (Å²) in [4.78, 5) is 7.09. The summed E-state index contributed by atoms with van der Waals surface area (Å²) in [6.07, 6.45) is 3.67. The van der Waals surface area contributed by atoms with Gasteiger partial charge in [-0.25, -0.2) is 4.99 Å². The maximum Gasteiger partial charge on any atom is 0.198 e. The van der Waals surface area contributed by atoms with E-state index in [-0.39, 0.29) is 5.75 Å². The monoisotopic (exact) mass is 339 g/mol. The maximum atomic E-state index is 9.94. The van der Waals surface area contributed by atoms with Crippen LogP contribution in [0, 0.1) is 0 Å². The van der Waals surface area contributed by atoms with Crippen molar-refractivity contribution in [1.82, 2.24) is 4.90 Å². The SMILES string of the molecule is COc1ccc(CN=C(Nc2ccccc2)N2CCCCC2)cc1O. The topological polar surface area (TPSA) is 57.1 Å². The molecule has 2 N–H and O–H groups in total.